The normalized spacial score (nSPS) is 11.1. The Morgan fingerprint density at radius 3 is 2.29 bits per heavy atom. The van der Waals surface area contributed by atoms with Gasteiger partial charge >= 0.3 is 11.9 Å². The van der Waals surface area contributed by atoms with E-state index in [2.05, 4.69) is 5.32 Å². The fraction of sp³-hybridized carbons (Fsp3) is 0.182. The number of non-ortho nitro benzene ring substituents is 1. The molecule has 3 rings (SSSR count). The molecule has 0 aliphatic heterocycles. The van der Waals surface area contributed by atoms with Crippen LogP contribution in [0.5, 0.6) is 17.2 Å². The lowest BCUT2D eigenvalue weighted by atomic mass is 10.1. The van der Waals surface area contributed by atoms with Crippen molar-refractivity contribution in [2.24, 2.45) is 0 Å². The number of ether oxygens (including phenoxy) is 2. The maximum absolute atomic E-state index is 12.9. The van der Waals surface area contributed by atoms with Crippen LogP contribution < -0.4 is 14.8 Å². The Labute approximate surface area is 191 Å². The number of nitrogens with one attached hydrogen (secondary N) is 1. The Bertz CT molecular complexity index is 1220. The van der Waals surface area contributed by atoms with Crippen LogP contribution in [0, 0.1) is 20.2 Å². The molecular weight excluding hydrogens is 459 g/mol. The SMILES string of the molecule is CCOc1cc(CNc2cccc([N+](=O)[O-])c2)ccc1Oc1ccc(C(F)(F)F)cc1[N+](=O)[O-]. The Morgan fingerprint density at radius 1 is 0.912 bits per heavy atom. The molecule has 0 aliphatic carbocycles. The average molecular weight is 477 g/mol. The number of hydrogen-bond acceptors (Lipinski definition) is 7. The zero-order chi connectivity index (χ0) is 24.9. The van der Waals surface area contributed by atoms with Gasteiger partial charge in [-0.05, 0) is 42.8 Å². The number of benzene rings is 3. The van der Waals surface area contributed by atoms with Crippen LogP contribution in [0.1, 0.15) is 18.1 Å². The van der Waals surface area contributed by atoms with Gasteiger partial charge in [-0.2, -0.15) is 13.2 Å². The van der Waals surface area contributed by atoms with Crippen molar-refractivity contribution < 1.29 is 32.5 Å². The van der Waals surface area contributed by atoms with Crippen LogP contribution in [0.2, 0.25) is 0 Å². The number of nitro groups is 2. The minimum absolute atomic E-state index is 0.0677. The molecule has 0 radical (unpaired) electrons. The van der Waals surface area contributed by atoms with Crippen molar-refractivity contribution in [3.63, 3.8) is 0 Å². The van der Waals surface area contributed by atoms with E-state index in [9.17, 15) is 33.4 Å². The monoisotopic (exact) mass is 477 g/mol. The molecule has 1 N–H and O–H groups in total. The molecule has 0 saturated carbocycles. The maximum Gasteiger partial charge on any atom is 0.416 e. The van der Waals surface area contributed by atoms with Crippen LogP contribution in [0.3, 0.4) is 0 Å². The molecule has 178 valence electrons. The second-order valence-electron chi connectivity index (χ2n) is 6.91. The third-order valence-corrected chi connectivity index (χ3v) is 4.56. The van der Waals surface area contributed by atoms with Gasteiger partial charge in [0.2, 0.25) is 5.75 Å². The van der Waals surface area contributed by atoms with Crippen LogP contribution in [0.15, 0.2) is 60.7 Å². The van der Waals surface area contributed by atoms with Gasteiger partial charge in [-0.3, -0.25) is 20.2 Å². The van der Waals surface area contributed by atoms with E-state index >= 15 is 0 Å². The van der Waals surface area contributed by atoms with E-state index in [1.807, 2.05) is 0 Å². The number of hydrogen-bond donors (Lipinski definition) is 1. The molecule has 9 nitrogen and oxygen atoms in total. The van der Waals surface area contributed by atoms with Gasteiger partial charge in [-0.15, -0.1) is 0 Å². The summed E-state index contributed by atoms with van der Waals surface area (Å²) in [6.45, 7) is 2.20. The summed E-state index contributed by atoms with van der Waals surface area (Å²) in [4.78, 5) is 20.8. The Balaban J connectivity index is 1.84. The summed E-state index contributed by atoms with van der Waals surface area (Å²) in [6.07, 6.45) is -4.74. The molecule has 0 amide bonds. The van der Waals surface area contributed by atoms with E-state index in [4.69, 9.17) is 9.47 Å². The summed E-state index contributed by atoms with van der Waals surface area (Å²) in [5.41, 5.74) is -0.855. The highest BCUT2D eigenvalue weighted by molar-refractivity contribution is 5.55. The molecular formula is C22H18F3N3O6. The number of halogens is 3. The summed E-state index contributed by atoms with van der Waals surface area (Å²) >= 11 is 0. The number of nitro benzene ring substituents is 2. The highest BCUT2D eigenvalue weighted by atomic mass is 19.4. The largest absolute Gasteiger partial charge is 0.490 e. The standard InChI is InChI=1S/C22H18F3N3O6/c1-2-33-21-10-14(13-26-16-4-3-5-17(12-16)27(29)30)6-8-20(21)34-19-9-7-15(22(23,24)25)11-18(19)28(31)32/h3-12,26H,2,13H2,1H3. The van der Waals surface area contributed by atoms with Gasteiger partial charge in [0, 0.05) is 30.4 Å². The predicted molar refractivity (Wildman–Crippen MR) is 116 cm³/mol. The van der Waals surface area contributed by atoms with Crippen molar-refractivity contribution in [2.75, 3.05) is 11.9 Å². The first-order chi connectivity index (χ1) is 16.1. The molecule has 0 saturated heterocycles. The Hall–Kier alpha value is -4.35. The Kier molecular flexibility index (Phi) is 7.19. The van der Waals surface area contributed by atoms with E-state index in [0.29, 0.717) is 23.4 Å². The summed E-state index contributed by atoms with van der Waals surface area (Å²) in [6, 6.07) is 12.6. The minimum Gasteiger partial charge on any atom is -0.490 e. The van der Waals surface area contributed by atoms with Crippen molar-refractivity contribution >= 4 is 17.1 Å². The average Bonchev–Trinajstić information content (AvgIpc) is 2.79. The predicted octanol–water partition coefficient (Wildman–Crippen LogP) is 6.32. The van der Waals surface area contributed by atoms with Crippen LogP contribution >= 0.6 is 0 Å². The number of rotatable bonds is 9. The van der Waals surface area contributed by atoms with Crippen LogP contribution in [-0.4, -0.2) is 16.5 Å². The molecule has 0 unspecified atom stereocenters. The summed E-state index contributed by atoms with van der Waals surface area (Å²) in [7, 11) is 0. The fourth-order valence-corrected chi connectivity index (χ4v) is 2.99. The minimum atomic E-state index is -4.74. The van der Waals surface area contributed by atoms with Crippen molar-refractivity contribution in [2.45, 2.75) is 19.6 Å². The van der Waals surface area contributed by atoms with Gasteiger partial charge in [-0.25, -0.2) is 0 Å². The van der Waals surface area contributed by atoms with Gasteiger partial charge in [0.1, 0.15) is 0 Å². The highest BCUT2D eigenvalue weighted by Crippen LogP contribution is 2.40. The van der Waals surface area contributed by atoms with E-state index in [1.54, 1.807) is 31.2 Å². The van der Waals surface area contributed by atoms with Crippen molar-refractivity contribution in [1.29, 1.82) is 0 Å². The second kappa shape index (κ2) is 10.1. The first-order valence-electron chi connectivity index (χ1n) is 9.86. The molecule has 0 aromatic heterocycles. The topological polar surface area (TPSA) is 117 Å². The molecule has 0 bridgehead atoms. The van der Waals surface area contributed by atoms with Crippen LogP contribution in [-0.2, 0) is 12.7 Å². The Morgan fingerprint density at radius 2 is 1.65 bits per heavy atom. The molecule has 0 aliphatic rings. The quantitative estimate of drug-likeness (QED) is 0.283. The number of anilines is 1. The molecule has 12 heteroatoms. The third kappa shape index (κ3) is 5.91. The molecule has 0 atom stereocenters. The van der Waals surface area contributed by atoms with Gasteiger partial charge in [-0.1, -0.05) is 12.1 Å². The molecule has 0 heterocycles. The van der Waals surface area contributed by atoms with Gasteiger partial charge in [0.25, 0.3) is 5.69 Å². The first kappa shape index (κ1) is 24.3. The lowest BCUT2D eigenvalue weighted by Gasteiger charge is -2.15. The summed E-state index contributed by atoms with van der Waals surface area (Å²) < 4.78 is 49.9. The summed E-state index contributed by atoms with van der Waals surface area (Å²) in [5, 5.41) is 25.3. The van der Waals surface area contributed by atoms with E-state index in [0.717, 1.165) is 6.07 Å². The highest BCUT2D eigenvalue weighted by Gasteiger charge is 2.33. The lowest BCUT2D eigenvalue weighted by molar-refractivity contribution is -0.385. The van der Waals surface area contributed by atoms with Crippen molar-refractivity contribution in [3.05, 3.63) is 92.0 Å². The van der Waals surface area contributed by atoms with E-state index in [-0.39, 0.29) is 36.1 Å². The van der Waals surface area contributed by atoms with Crippen LogP contribution in [0.4, 0.5) is 30.2 Å². The van der Waals surface area contributed by atoms with Gasteiger partial charge in [0.05, 0.1) is 22.0 Å². The molecule has 34 heavy (non-hydrogen) atoms. The van der Waals surface area contributed by atoms with E-state index in [1.165, 1.54) is 18.2 Å². The first-order valence-corrected chi connectivity index (χ1v) is 9.86. The lowest BCUT2D eigenvalue weighted by Crippen LogP contribution is -2.06. The number of nitrogens with zero attached hydrogens (tertiary/aromatic N) is 2. The molecule has 0 fully saturated rings. The van der Waals surface area contributed by atoms with Crippen LogP contribution in [0.25, 0.3) is 0 Å². The molecule has 0 spiro atoms. The number of alkyl halides is 3. The third-order valence-electron chi connectivity index (χ3n) is 4.56. The van der Waals surface area contributed by atoms with Gasteiger partial charge < -0.3 is 14.8 Å². The maximum atomic E-state index is 12.9. The van der Waals surface area contributed by atoms with Crippen molar-refractivity contribution in [3.8, 4) is 17.2 Å². The van der Waals surface area contributed by atoms with Crippen molar-refractivity contribution in [1.82, 2.24) is 0 Å². The summed E-state index contributed by atoms with van der Waals surface area (Å²) in [5.74, 6) is -0.0831. The van der Waals surface area contributed by atoms with E-state index < -0.39 is 27.3 Å². The zero-order valence-corrected chi connectivity index (χ0v) is 17.7. The zero-order valence-electron chi connectivity index (χ0n) is 17.7. The van der Waals surface area contributed by atoms with Gasteiger partial charge in [0.15, 0.2) is 11.5 Å². The second-order valence-corrected chi connectivity index (χ2v) is 6.91. The smallest absolute Gasteiger partial charge is 0.416 e. The fourth-order valence-electron chi connectivity index (χ4n) is 2.99. The molecule has 3 aromatic rings. The molecule has 3 aromatic carbocycles.